The zero-order valence-corrected chi connectivity index (χ0v) is 16.7. The minimum Gasteiger partial charge on any atom is -0.492 e. The van der Waals surface area contributed by atoms with Crippen molar-refractivity contribution in [1.82, 2.24) is 0 Å². The molecule has 0 radical (unpaired) electrons. The minimum atomic E-state index is -0.633. The fraction of sp³-hybridized carbons (Fsp3) is 0.167. The minimum absolute atomic E-state index is 0.299. The Morgan fingerprint density at radius 1 is 0.767 bits per heavy atom. The first kappa shape index (κ1) is 20.9. The van der Waals surface area contributed by atoms with Gasteiger partial charge in [0.2, 0.25) is 0 Å². The number of esters is 1. The van der Waals surface area contributed by atoms with Crippen LogP contribution in [0.1, 0.15) is 6.92 Å². The van der Waals surface area contributed by atoms with Gasteiger partial charge in [0.15, 0.2) is 13.2 Å². The first-order chi connectivity index (χ1) is 14.7. The number of rotatable bonds is 9. The van der Waals surface area contributed by atoms with E-state index in [1.165, 1.54) is 0 Å². The van der Waals surface area contributed by atoms with E-state index in [0.29, 0.717) is 23.8 Å². The van der Waals surface area contributed by atoms with Crippen LogP contribution in [0, 0.1) is 0 Å². The van der Waals surface area contributed by atoms with E-state index in [1.807, 2.05) is 61.5 Å². The van der Waals surface area contributed by atoms with Crippen molar-refractivity contribution in [2.75, 3.05) is 25.1 Å². The molecule has 0 unspecified atom stereocenters. The first-order valence-corrected chi connectivity index (χ1v) is 9.62. The van der Waals surface area contributed by atoms with Gasteiger partial charge in [-0.15, -0.1) is 0 Å². The third-order valence-corrected chi connectivity index (χ3v) is 4.14. The number of hydrogen-bond donors (Lipinski definition) is 1. The van der Waals surface area contributed by atoms with Crippen molar-refractivity contribution in [1.29, 1.82) is 0 Å². The van der Waals surface area contributed by atoms with Crippen LogP contribution in [0.2, 0.25) is 0 Å². The highest BCUT2D eigenvalue weighted by molar-refractivity contribution is 5.94. The predicted octanol–water partition coefficient (Wildman–Crippen LogP) is 4.31. The molecule has 0 aliphatic carbocycles. The Bertz CT molecular complexity index is 988. The molecule has 3 rings (SSSR count). The number of ether oxygens (including phenoxy) is 3. The van der Waals surface area contributed by atoms with Crippen molar-refractivity contribution in [3.05, 3.63) is 78.9 Å². The summed E-state index contributed by atoms with van der Waals surface area (Å²) in [6.07, 6.45) is 0. The number of hydrogen-bond acceptors (Lipinski definition) is 5. The van der Waals surface area contributed by atoms with Crippen molar-refractivity contribution in [3.8, 4) is 22.6 Å². The zero-order valence-electron chi connectivity index (χ0n) is 16.7. The highest BCUT2D eigenvalue weighted by Gasteiger charge is 2.12. The number of amides is 1. The van der Waals surface area contributed by atoms with Crippen LogP contribution in [-0.4, -0.2) is 31.7 Å². The van der Waals surface area contributed by atoms with Crippen LogP contribution in [0.15, 0.2) is 78.9 Å². The summed E-state index contributed by atoms with van der Waals surface area (Å²) in [6.45, 7) is 1.62. The van der Waals surface area contributed by atoms with Gasteiger partial charge in [-0.3, -0.25) is 4.79 Å². The average Bonchev–Trinajstić information content (AvgIpc) is 2.78. The Morgan fingerprint density at radius 3 is 2.20 bits per heavy atom. The average molecular weight is 405 g/mol. The van der Waals surface area contributed by atoms with E-state index >= 15 is 0 Å². The molecule has 6 heteroatoms. The van der Waals surface area contributed by atoms with Crippen LogP contribution >= 0.6 is 0 Å². The Labute approximate surface area is 175 Å². The second kappa shape index (κ2) is 10.7. The van der Waals surface area contributed by atoms with Crippen LogP contribution in [0.3, 0.4) is 0 Å². The molecule has 3 aromatic carbocycles. The normalized spacial score (nSPS) is 10.2. The summed E-state index contributed by atoms with van der Waals surface area (Å²) >= 11 is 0. The molecular weight excluding hydrogens is 382 g/mol. The van der Waals surface area contributed by atoms with Gasteiger partial charge in [-0.05, 0) is 30.7 Å². The maximum Gasteiger partial charge on any atom is 0.344 e. The van der Waals surface area contributed by atoms with Gasteiger partial charge in [0, 0.05) is 5.56 Å². The van der Waals surface area contributed by atoms with Gasteiger partial charge in [-0.2, -0.15) is 0 Å². The summed E-state index contributed by atoms with van der Waals surface area (Å²) < 4.78 is 16.1. The van der Waals surface area contributed by atoms with Crippen LogP contribution in [-0.2, 0) is 14.3 Å². The number of para-hydroxylation sites is 3. The smallest absolute Gasteiger partial charge is 0.344 e. The summed E-state index contributed by atoms with van der Waals surface area (Å²) in [5.41, 5.74) is 2.37. The quantitative estimate of drug-likeness (QED) is 0.537. The molecule has 3 aromatic rings. The fourth-order valence-electron chi connectivity index (χ4n) is 2.81. The number of anilines is 1. The molecule has 0 atom stereocenters. The van der Waals surface area contributed by atoms with Crippen molar-refractivity contribution in [3.63, 3.8) is 0 Å². The van der Waals surface area contributed by atoms with Gasteiger partial charge in [0.25, 0.3) is 5.91 Å². The van der Waals surface area contributed by atoms with Crippen molar-refractivity contribution < 1.29 is 23.8 Å². The van der Waals surface area contributed by atoms with Gasteiger partial charge in [0.05, 0.1) is 12.3 Å². The third-order valence-electron chi connectivity index (χ3n) is 4.14. The van der Waals surface area contributed by atoms with Crippen molar-refractivity contribution in [2.24, 2.45) is 0 Å². The lowest BCUT2D eigenvalue weighted by Gasteiger charge is -2.12. The van der Waals surface area contributed by atoms with Gasteiger partial charge < -0.3 is 19.5 Å². The summed E-state index contributed by atoms with van der Waals surface area (Å²) in [4.78, 5) is 24.1. The second-order valence-corrected chi connectivity index (χ2v) is 6.29. The highest BCUT2D eigenvalue weighted by atomic mass is 16.6. The Balaban J connectivity index is 1.51. The highest BCUT2D eigenvalue weighted by Crippen LogP contribution is 2.29. The molecule has 0 saturated heterocycles. The molecule has 6 nitrogen and oxygen atoms in total. The number of benzene rings is 3. The predicted molar refractivity (Wildman–Crippen MR) is 115 cm³/mol. The van der Waals surface area contributed by atoms with E-state index in [2.05, 4.69) is 5.32 Å². The maximum atomic E-state index is 12.1. The zero-order chi connectivity index (χ0) is 21.2. The standard InChI is InChI=1S/C24H23NO5/c1-2-28-22-15-9-7-13-20(22)25-23(26)16-30-24(27)17-29-21-14-8-6-12-19(21)18-10-4-3-5-11-18/h3-15H,2,16-17H2,1H3,(H,25,26). The molecule has 1 amide bonds. The Hall–Kier alpha value is -3.80. The molecular formula is C24H23NO5. The summed E-state index contributed by atoms with van der Waals surface area (Å²) in [5, 5.41) is 2.67. The lowest BCUT2D eigenvalue weighted by atomic mass is 10.1. The largest absolute Gasteiger partial charge is 0.492 e. The molecule has 0 aromatic heterocycles. The maximum absolute atomic E-state index is 12.1. The lowest BCUT2D eigenvalue weighted by molar-refractivity contribution is -0.149. The van der Waals surface area contributed by atoms with E-state index in [1.54, 1.807) is 24.3 Å². The molecule has 0 bridgehead atoms. The lowest BCUT2D eigenvalue weighted by Crippen LogP contribution is -2.24. The van der Waals surface area contributed by atoms with E-state index in [4.69, 9.17) is 14.2 Å². The topological polar surface area (TPSA) is 73.9 Å². The van der Waals surface area contributed by atoms with E-state index < -0.39 is 18.5 Å². The molecule has 0 fully saturated rings. The third kappa shape index (κ3) is 5.85. The van der Waals surface area contributed by atoms with Crippen molar-refractivity contribution in [2.45, 2.75) is 6.92 Å². The Kier molecular flexibility index (Phi) is 7.44. The monoisotopic (exact) mass is 405 g/mol. The number of carbonyl (C=O) groups excluding carboxylic acids is 2. The molecule has 0 saturated carbocycles. The SMILES string of the molecule is CCOc1ccccc1NC(=O)COC(=O)COc1ccccc1-c1ccccc1. The van der Waals surface area contributed by atoms with Crippen LogP contribution in [0.5, 0.6) is 11.5 Å². The van der Waals surface area contributed by atoms with E-state index in [0.717, 1.165) is 11.1 Å². The Morgan fingerprint density at radius 2 is 1.43 bits per heavy atom. The molecule has 154 valence electrons. The molecule has 0 aliphatic heterocycles. The molecule has 1 N–H and O–H groups in total. The van der Waals surface area contributed by atoms with E-state index in [9.17, 15) is 9.59 Å². The van der Waals surface area contributed by atoms with E-state index in [-0.39, 0.29) is 6.61 Å². The van der Waals surface area contributed by atoms with Crippen LogP contribution < -0.4 is 14.8 Å². The summed E-state index contributed by atoms with van der Waals surface area (Å²) in [6, 6.07) is 24.2. The van der Waals surface area contributed by atoms with Gasteiger partial charge in [-0.25, -0.2) is 4.79 Å². The molecule has 30 heavy (non-hydrogen) atoms. The fourth-order valence-corrected chi connectivity index (χ4v) is 2.81. The summed E-state index contributed by atoms with van der Waals surface area (Å²) in [5.74, 6) is 0.0302. The molecule has 0 heterocycles. The molecule has 0 aliphatic rings. The summed E-state index contributed by atoms with van der Waals surface area (Å²) in [7, 11) is 0. The first-order valence-electron chi connectivity index (χ1n) is 9.62. The van der Waals surface area contributed by atoms with Crippen LogP contribution in [0.4, 0.5) is 5.69 Å². The van der Waals surface area contributed by atoms with Crippen LogP contribution in [0.25, 0.3) is 11.1 Å². The van der Waals surface area contributed by atoms with Crippen molar-refractivity contribution >= 4 is 17.6 Å². The number of nitrogens with one attached hydrogen (secondary N) is 1. The number of carbonyl (C=O) groups is 2. The van der Waals surface area contributed by atoms with Gasteiger partial charge in [-0.1, -0.05) is 60.7 Å². The van der Waals surface area contributed by atoms with Gasteiger partial charge in [0.1, 0.15) is 11.5 Å². The van der Waals surface area contributed by atoms with Gasteiger partial charge >= 0.3 is 5.97 Å². The second-order valence-electron chi connectivity index (χ2n) is 6.29. The molecule has 0 spiro atoms.